The highest BCUT2D eigenvalue weighted by molar-refractivity contribution is 7.90. The van der Waals surface area contributed by atoms with Crippen molar-refractivity contribution in [3.05, 3.63) is 59.9 Å². The number of methoxy groups -OCH3 is 1. The fourth-order valence-electron chi connectivity index (χ4n) is 3.63. The van der Waals surface area contributed by atoms with Gasteiger partial charge in [-0.3, -0.25) is 9.59 Å². The van der Waals surface area contributed by atoms with Crippen LogP contribution in [0.15, 0.2) is 48.5 Å². The van der Waals surface area contributed by atoms with Gasteiger partial charge in [-0.2, -0.15) is 12.7 Å². The van der Waals surface area contributed by atoms with Gasteiger partial charge in [0.15, 0.2) is 0 Å². The predicted molar refractivity (Wildman–Crippen MR) is 142 cm³/mol. The van der Waals surface area contributed by atoms with Gasteiger partial charge in [0.1, 0.15) is 24.2 Å². The second-order valence-electron chi connectivity index (χ2n) is 9.18. The van der Waals surface area contributed by atoms with Crippen LogP contribution in [0.5, 0.6) is 5.75 Å². The zero-order chi connectivity index (χ0) is 27.8. The molecule has 9 nitrogen and oxygen atoms in total. The summed E-state index contributed by atoms with van der Waals surface area (Å²) in [6.45, 7) is 5.48. The number of carbonyl (C=O) groups is 2. The van der Waals surface area contributed by atoms with Gasteiger partial charge in [0.25, 0.3) is 0 Å². The monoisotopic (exact) mass is 536 g/mol. The average molecular weight is 537 g/mol. The van der Waals surface area contributed by atoms with E-state index < -0.39 is 34.5 Å². The number of rotatable bonds is 13. The molecule has 0 aliphatic carbocycles. The molecular formula is C26H37FN4O5S. The lowest BCUT2D eigenvalue weighted by Gasteiger charge is -2.34. The molecule has 0 aromatic heterocycles. The Morgan fingerprint density at radius 3 is 2.19 bits per heavy atom. The summed E-state index contributed by atoms with van der Waals surface area (Å²) in [6, 6.07) is 11.5. The summed E-state index contributed by atoms with van der Waals surface area (Å²) in [5.74, 6) is -0.939. The number of nitrogens with zero attached hydrogens (tertiary/aromatic N) is 3. The minimum atomic E-state index is -4.24. The molecule has 1 N–H and O–H groups in total. The Hall–Kier alpha value is -3.18. The van der Waals surface area contributed by atoms with Gasteiger partial charge < -0.3 is 15.0 Å². The van der Waals surface area contributed by atoms with E-state index in [1.807, 2.05) is 13.8 Å². The largest absolute Gasteiger partial charge is 0.497 e. The Bertz CT molecular complexity index is 1160. The quantitative estimate of drug-likeness (QED) is 0.424. The van der Waals surface area contributed by atoms with Gasteiger partial charge in [0.05, 0.1) is 12.8 Å². The van der Waals surface area contributed by atoms with E-state index >= 15 is 0 Å². The van der Waals surface area contributed by atoms with Gasteiger partial charge >= 0.3 is 10.2 Å². The zero-order valence-electron chi connectivity index (χ0n) is 22.3. The number of halogens is 1. The Labute approximate surface area is 219 Å². The maximum Gasteiger partial charge on any atom is 0.304 e. The lowest BCUT2D eigenvalue weighted by molar-refractivity contribution is -0.140. The van der Waals surface area contributed by atoms with Crippen molar-refractivity contribution in [2.75, 3.05) is 38.6 Å². The summed E-state index contributed by atoms with van der Waals surface area (Å²) < 4.78 is 47.8. The summed E-state index contributed by atoms with van der Waals surface area (Å²) in [6.07, 6.45) is 0.298. The first-order chi connectivity index (χ1) is 17.4. The van der Waals surface area contributed by atoms with Crippen molar-refractivity contribution in [2.24, 2.45) is 5.92 Å². The van der Waals surface area contributed by atoms with Crippen LogP contribution in [0.4, 0.5) is 10.1 Å². The molecule has 2 amide bonds. The van der Waals surface area contributed by atoms with E-state index in [0.717, 1.165) is 20.2 Å². The second kappa shape index (κ2) is 13.4. The van der Waals surface area contributed by atoms with Crippen LogP contribution in [0.3, 0.4) is 0 Å². The SMILES string of the molecule is CC[C@H](C(=O)NCC(C)C)N(Cc1ccc(OC)cc1)C(=O)CN(c1ccccc1F)S(=O)(=O)N(C)C. The van der Waals surface area contributed by atoms with Crippen LogP contribution >= 0.6 is 0 Å². The van der Waals surface area contributed by atoms with E-state index in [1.54, 1.807) is 38.3 Å². The molecule has 2 aromatic carbocycles. The summed E-state index contributed by atoms with van der Waals surface area (Å²) in [5.41, 5.74) is 0.462. The number of ether oxygens (including phenoxy) is 1. The highest BCUT2D eigenvalue weighted by Gasteiger charge is 2.34. The standard InChI is InChI=1S/C26H37FN4O5S/c1-7-23(26(33)28-16-19(2)3)30(17-20-12-14-21(36-6)15-13-20)25(32)18-31(37(34,35)29(4)5)24-11-9-8-10-22(24)27/h8-15,19,23H,7,16-18H2,1-6H3,(H,28,33)/t23-/m1/s1. The Kier molecular flexibility index (Phi) is 10.9. The molecule has 37 heavy (non-hydrogen) atoms. The fraction of sp³-hybridized carbons (Fsp3) is 0.462. The Morgan fingerprint density at radius 2 is 1.68 bits per heavy atom. The molecule has 1 atom stereocenters. The van der Waals surface area contributed by atoms with Crippen molar-refractivity contribution < 1.29 is 27.1 Å². The van der Waals surface area contributed by atoms with E-state index in [4.69, 9.17) is 4.74 Å². The second-order valence-corrected chi connectivity index (χ2v) is 11.2. The molecule has 0 aliphatic rings. The zero-order valence-corrected chi connectivity index (χ0v) is 23.1. The Morgan fingerprint density at radius 1 is 1.05 bits per heavy atom. The van der Waals surface area contributed by atoms with Gasteiger partial charge in [-0.05, 0) is 42.2 Å². The summed E-state index contributed by atoms with van der Waals surface area (Å²) in [7, 11) is -0.0907. The first-order valence-corrected chi connectivity index (χ1v) is 13.5. The molecule has 0 fully saturated rings. The van der Waals surface area contributed by atoms with Crippen LogP contribution < -0.4 is 14.4 Å². The summed E-state index contributed by atoms with van der Waals surface area (Å²) in [4.78, 5) is 28.2. The lowest BCUT2D eigenvalue weighted by Crippen LogP contribution is -2.53. The molecule has 0 unspecified atom stereocenters. The highest BCUT2D eigenvalue weighted by Crippen LogP contribution is 2.24. The fourth-order valence-corrected chi connectivity index (χ4v) is 4.69. The van der Waals surface area contributed by atoms with E-state index in [9.17, 15) is 22.4 Å². The van der Waals surface area contributed by atoms with Gasteiger partial charge in [-0.15, -0.1) is 0 Å². The van der Waals surface area contributed by atoms with Gasteiger partial charge in [0, 0.05) is 27.2 Å². The van der Waals surface area contributed by atoms with Crippen molar-refractivity contribution in [2.45, 2.75) is 39.8 Å². The van der Waals surface area contributed by atoms with E-state index in [1.165, 1.54) is 37.2 Å². The maximum atomic E-state index is 14.7. The molecule has 204 valence electrons. The van der Waals surface area contributed by atoms with Crippen molar-refractivity contribution >= 4 is 27.7 Å². The molecule has 0 saturated heterocycles. The smallest absolute Gasteiger partial charge is 0.304 e. The third-order valence-electron chi connectivity index (χ3n) is 5.72. The lowest BCUT2D eigenvalue weighted by atomic mass is 10.1. The van der Waals surface area contributed by atoms with Gasteiger partial charge in [-0.1, -0.05) is 45.0 Å². The van der Waals surface area contributed by atoms with Crippen LogP contribution in [-0.4, -0.2) is 69.8 Å². The third-order valence-corrected chi connectivity index (χ3v) is 7.53. The molecule has 0 spiro atoms. The molecule has 0 radical (unpaired) electrons. The third kappa shape index (κ3) is 7.90. The summed E-state index contributed by atoms with van der Waals surface area (Å²) >= 11 is 0. The molecule has 0 saturated carbocycles. The number of para-hydroxylation sites is 1. The first kappa shape index (κ1) is 30.0. The Balaban J connectivity index is 2.49. The molecule has 11 heteroatoms. The van der Waals surface area contributed by atoms with Crippen molar-refractivity contribution in [3.8, 4) is 5.75 Å². The molecular weight excluding hydrogens is 499 g/mol. The van der Waals surface area contributed by atoms with E-state index in [0.29, 0.717) is 18.7 Å². The number of carbonyl (C=O) groups excluding carboxylic acids is 2. The number of nitrogens with one attached hydrogen (secondary N) is 1. The predicted octanol–water partition coefficient (Wildman–Crippen LogP) is 3.03. The topological polar surface area (TPSA) is 99.3 Å². The van der Waals surface area contributed by atoms with Crippen LogP contribution in [-0.2, 0) is 26.3 Å². The van der Waals surface area contributed by atoms with Crippen LogP contribution in [0.1, 0.15) is 32.8 Å². The van der Waals surface area contributed by atoms with Crippen molar-refractivity contribution in [1.82, 2.24) is 14.5 Å². The highest BCUT2D eigenvalue weighted by atomic mass is 32.2. The van der Waals surface area contributed by atoms with Crippen LogP contribution in [0, 0.1) is 11.7 Å². The molecule has 2 aromatic rings. The summed E-state index contributed by atoms with van der Waals surface area (Å²) in [5, 5.41) is 2.86. The van der Waals surface area contributed by atoms with E-state index in [2.05, 4.69) is 5.32 Å². The number of amides is 2. The molecule has 2 rings (SSSR count). The first-order valence-electron chi connectivity index (χ1n) is 12.1. The average Bonchev–Trinajstić information content (AvgIpc) is 2.86. The van der Waals surface area contributed by atoms with Gasteiger partial charge in [0.2, 0.25) is 11.8 Å². The van der Waals surface area contributed by atoms with Crippen molar-refractivity contribution in [1.29, 1.82) is 0 Å². The molecule has 0 heterocycles. The minimum Gasteiger partial charge on any atom is -0.497 e. The maximum absolute atomic E-state index is 14.7. The van der Waals surface area contributed by atoms with Gasteiger partial charge in [-0.25, -0.2) is 8.70 Å². The molecule has 0 bridgehead atoms. The molecule has 0 aliphatic heterocycles. The number of hydrogen-bond donors (Lipinski definition) is 1. The van der Waals surface area contributed by atoms with E-state index in [-0.39, 0.29) is 24.1 Å². The number of hydrogen-bond acceptors (Lipinski definition) is 5. The van der Waals surface area contributed by atoms with Crippen LogP contribution in [0.25, 0.3) is 0 Å². The normalized spacial score (nSPS) is 12.4. The van der Waals surface area contributed by atoms with Crippen molar-refractivity contribution in [3.63, 3.8) is 0 Å². The van der Waals surface area contributed by atoms with Crippen LogP contribution in [0.2, 0.25) is 0 Å². The minimum absolute atomic E-state index is 0.0452. The number of anilines is 1. The number of benzene rings is 2.